The summed E-state index contributed by atoms with van der Waals surface area (Å²) in [7, 11) is 1.60. The second-order valence-corrected chi connectivity index (χ2v) is 7.12. The smallest absolute Gasteiger partial charge is 0.292 e. The van der Waals surface area contributed by atoms with Crippen LogP contribution in [0.5, 0.6) is 11.5 Å². The van der Waals surface area contributed by atoms with E-state index in [0.29, 0.717) is 23.8 Å². The van der Waals surface area contributed by atoms with Crippen LogP contribution in [-0.2, 0) is 19.4 Å². The van der Waals surface area contributed by atoms with Crippen LogP contribution in [0.3, 0.4) is 0 Å². The van der Waals surface area contributed by atoms with Crippen molar-refractivity contribution in [2.75, 3.05) is 7.11 Å². The average molecular weight is 404 g/mol. The van der Waals surface area contributed by atoms with Gasteiger partial charge in [0.2, 0.25) is 0 Å². The molecular formula is C23H24N4O3. The molecule has 7 heteroatoms. The number of hydrogen-bond donors (Lipinski definition) is 2. The molecule has 154 valence electrons. The fraction of sp³-hybridized carbons (Fsp3) is 0.261. The van der Waals surface area contributed by atoms with Gasteiger partial charge in [-0.1, -0.05) is 30.3 Å². The standard InChI is InChI=1S/C23H24N4O3/c1-29-20-12-11-17(13-21(20)30-15-16-7-3-2-4-8-16)14-24-27-23(28)22-18-9-5-6-10-19(18)25-26-22/h2-4,7-8,11-14H,5-6,9-10,15H2,1H3,(H,25,26)(H,27,28). The highest BCUT2D eigenvalue weighted by Gasteiger charge is 2.21. The summed E-state index contributed by atoms with van der Waals surface area (Å²) >= 11 is 0. The van der Waals surface area contributed by atoms with Crippen molar-refractivity contribution in [2.45, 2.75) is 32.3 Å². The van der Waals surface area contributed by atoms with Gasteiger partial charge in [-0.25, -0.2) is 5.43 Å². The first-order chi connectivity index (χ1) is 14.7. The van der Waals surface area contributed by atoms with E-state index in [1.165, 1.54) is 0 Å². The summed E-state index contributed by atoms with van der Waals surface area (Å²) in [5.41, 5.74) is 6.91. The van der Waals surface area contributed by atoms with Gasteiger partial charge in [0.1, 0.15) is 6.61 Å². The van der Waals surface area contributed by atoms with Gasteiger partial charge in [0.15, 0.2) is 17.2 Å². The number of H-pyrrole nitrogens is 1. The molecule has 1 aliphatic carbocycles. The highest BCUT2D eigenvalue weighted by atomic mass is 16.5. The van der Waals surface area contributed by atoms with Gasteiger partial charge in [0.25, 0.3) is 5.91 Å². The van der Waals surface area contributed by atoms with E-state index in [0.717, 1.165) is 48.1 Å². The van der Waals surface area contributed by atoms with Crippen LogP contribution in [0.1, 0.15) is 45.7 Å². The Labute approximate surface area is 175 Å². The number of benzene rings is 2. The molecule has 0 atom stereocenters. The van der Waals surface area contributed by atoms with E-state index in [9.17, 15) is 4.79 Å². The molecule has 2 aromatic carbocycles. The Balaban J connectivity index is 1.42. The minimum Gasteiger partial charge on any atom is -0.493 e. The SMILES string of the molecule is COc1ccc(C=NNC(=O)c2n[nH]c3c2CCCC3)cc1OCc1ccccc1. The van der Waals surface area contributed by atoms with Gasteiger partial charge in [-0.05, 0) is 55.0 Å². The summed E-state index contributed by atoms with van der Waals surface area (Å²) < 4.78 is 11.3. The number of nitrogens with zero attached hydrogens (tertiary/aromatic N) is 2. The van der Waals surface area contributed by atoms with Crippen molar-refractivity contribution in [1.29, 1.82) is 0 Å². The number of nitrogens with one attached hydrogen (secondary N) is 2. The van der Waals surface area contributed by atoms with E-state index in [4.69, 9.17) is 9.47 Å². The molecule has 0 fully saturated rings. The molecule has 1 aliphatic rings. The first kappa shape index (κ1) is 19.7. The Morgan fingerprint density at radius 3 is 2.83 bits per heavy atom. The number of hydrogen-bond acceptors (Lipinski definition) is 5. The molecular weight excluding hydrogens is 380 g/mol. The van der Waals surface area contributed by atoms with E-state index < -0.39 is 0 Å². The number of rotatable bonds is 7. The van der Waals surface area contributed by atoms with Crippen LogP contribution in [-0.4, -0.2) is 29.4 Å². The minimum absolute atomic E-state index is 0.306. The quantitative estimate of drug-likeness (QED) is 0.465. The molecule has 4 rings (SSSR count). The monoisotopic (exact) mass is 404 g/mol. The highest BCUT2D eigenvalue weighted by Crippen LogP contribution is 2.28. The number of methoxy groups -OCH3 is 1. The van der Waals surface area contributed by atoms with Crippen LogP contribution in [0.2, 0.25) is 0 Å². The lowest BCUT2D eigenvalue weighted by Crippen LogP contribution is -2.20. The largest absolute Gasteiger partial charge is 0.493 e. The summed E-state index contributed by atoms with van der Waals surface area (Å²) in [6, 6.07) is 15.4. The summed E-state index contributed by atoms with van der Waals surface area (Å²) in [5.74, 6) is 0.938. The lowest BCUT2D eigenvalue weighted by molar-refractivity contribution is 0.0949. The first-order valence-electron chi connectivity index (χ1n) is 9.99. The van der Waals surface area contributed by atoms with Crippen molar-refractivity contribution in [3.63, 3.8) is 0 Å². The zero-order valence-electron chi connectivity index (χ0n) is 16.9. The molecule has 0 radical (unpaired) electrons. The van der Waals surface area contributed by atoms with Crippen molar-refractivity contribution in [3.8, 4) is 11.5 Å². The zero-order chi connectivity index (χ0) is 20.8. The Morgan fingerprint density at radius 1 is 1.17 bits per heavy atom. The van der Waals surface area contributed by atoms with Crippen LogP contribution in [0, 0.1) is 0 Å². The number of carbonyl (C=O) groups is 1. The Kier molecular flexibility index (Phi) is 6.08. The number of fused-ring (bicyclic) bond motifs is 1. The van der Waals surface area contributed by atoms with Crippen LogP contribution in [0.4, 0.5) is 0 Å². The number of hydrazone groups is 1. The van der Waals surface area contributed by atoms with Crippen molar-refractivity contribution in [3.05, 3.63) is 76.6 Å². The lowest BCUT2D eigenvalue weighted by Gasteiger charge is -2.11. The van der Waals surface area contributed by atoms with Gasteiger partial charge in [-0.2, -0.15) is 10.2 Å². The summed E-state index contributed by atoms with van der Waals surface area (Å²) in [6.07, 6.45) is 5.59. The molecule has 1 heterocycles. The van der Waals surface area contributed by atoms with Gasteiger partial charge in [0.05, 0.1) is 13.3 Å². The first-order valence-corrected chi connectivity index (χ1v) is 9.99. The molecule has 7 nitrogen and oxygen atoms in total. The third-order valence-electron chi connectivity index (χ3n) is 5.08. The Hall–Kier alpha value is -3.61. The van der Waals surface area contributed by atoms with Gasteiger partial charge < -0.3 is 9.47 Å². The maximum atomic E-state index is 12.4. The minimum atomic E-state index is -0.306. The fourth-order valence-electron chi connectivity index (χ4n) is 3.51. The Morgan fingerprint density at radius 2 is 2.00 bits per heavy atom. The number of amides is 1. The predicted octanol–water partition coefficient (Wildman–Crippen LogP) is 3.64. The normalized spacial score (nSPS) is 13.1. The molecule has 0 bridgehead atoms. The number of aromatic nitrogens is 2. The molecule has 0 spiro atoms. The van der Waals surface area contributed by atoms with Gasteiger partial charge >= 0.3 is 0 Å². The van der Waals surface area contributed by atoms with E-state index in [2.05, 4.69) is 20.7 Å². The molecule has 2 N–H and O–H groups in total. The topological polar surface area (TPSA) is 88.6 Å². The molecule has 1 aromatic heterocycles. The van der Waals surface area contributed by atoms with Crippen LogP contribution >= 0.6 is 0 Å². The van der Waals surface area contributed by atoms with Crippen LogP contribution in [0.25, 0.3) is 0 Å². The summed E-state index contributed by atoms with van der Waals surface area (Å²) in [6.45, 7) is 0.429. The molecule has 0 saturated heterocycles. The van der Waals surface area contributed by atoms with Crippen molar-refractivity contribution in [2.24, 2.45) is 5.10 Å². The van der Waals surface area contributed by atoms with Crippen LogP contribution in [0.15, 0.2) is 53.6 Å². The third kappa shape index (κ3) is 4.51. The van der Waals surface area contributed by atoms with E-state index >= 15 is 0 Å². The van der Waals surface area contributed by atoms with Crippen molar-refractivity contribution in [1.82, 2.24) is 15.6 Å². The van der Waals surface area contributed by atoms with Gasteiger partial charge in [0, 0.05) is 11.3 Å². The second-order valence-electron chi connectivity index (χ2n) is 7.12. The fourth-order valence-corrected chi connectivity index (χ4v) is 3.51. The van der Waals surface area contributed by atoms with Crippen LogP contribution < -0.4 is 14.9 Å². The molecule has 30 heavy (non-hydrogen) atoms. The Bertz CT molecular complexity index is 1040. The molecule has 0 unspecified atom stereocenters. The lowest BCUT2D eigenvalue weighted by atomic mass is 9.96. The predicted molar refractivity (Wildman–Crippen MR) is 114 cm³/mol. The zero-order valence-corrected chi connectivity index (χ0v) is 16.9. The van der Waals surface area contributed by atoms with Gasteiger partial charge in [-0.3, -0.25) is 9.89 Å². The van der Waals surface area contributed by atoms with Gasteiger partial charge in [-0.15, -0.1) is 0 Å². The maximum absolute atomic E-state index is 12.4. The average Bonchev–Trinajstić information content (AvgIpc) is 3.23. The molecule has 3 aromatic rings. The number of aryl methyl sites for hydroxylation is 1. The number of carbonyl (C=O) groups excluding carboxylic acids is 1. The molecule has 0 aliphatic heterocycles. The summed E-state index contributed by atoms with van der Waals surface area (Å²) in [4.78, 5) is 12.4. The highest BCUT2D eigenvalue weighted by molar-refractivity contribution is 5.94. The summed E-state index contributed by atoms with van der Waals surface area (Å²) in [5, 5.41) is 11.2. The third-order valence-corrected chi connectivity index (χ3v) is 5.08. The van der Waals surface area contributed by atoms with Crippen molar-refractivity contribution >= 4 is 12.1 Å². The van der Waals surface area contributed by atoms with Crippen molar-refractivity contribution < 1.29 is 14.3 Å². The number of aromatic amines is 1. The molecule has 0 saturated carbocycles. The maximum Gasteiger partial charge on any atom is 0.292 e. The second kappa shape index (κ2) is 9.26. The molecule has 1 amide bonds. The van der Waals surface area contributed by atoms with E-state index in [-0.39, 0.29) is 5.91 Å². The van der Waals surface area contributed by atoms with E-state index in [1.54, 1.807) is 13.3 Å². The van der Waals surface area contributed by atoms with E-state index in [1.807, 2.05) is 48.5 Å². The number of ether oxygens (including phenoxy) is 2.